The first-order valence-corrected chi connectivity index (χ1v) is 9.73. The van der Waals surface area contributed by atoms with Crippen LogP contribution in [0, 0.1) is 16.0 Å². The highest BCUT2D eigenvalue weighted by atomic mass is 32.1. The SMILES string of the molecule is CCC[C@H]1CCc2c(sc(NC(=O)c3ccccc3[N+](=O)[O-])c2C(N)=O)C1. The van der Waals surface area contributed by atoms with Gasteiger partial charge in [-0.15, -0.1) is 11.3 Å². The molecule has 3 N–H and O–H groups in total. The Labute approximate surface area is 160 Å². The topological polar surface area (TPSA) is 115 Å². The van der Waals surface area contributed by atoms with Crippen LogP contribution < -0.4 is 11.1 Å². The van der Waals surface area contributed by atoms with E-state index in [0.29, 0.717) is 16.5 Å². The molecule has 0 unspecified atom stereocenters. The van der Waals surface area contributed by atoms with Gasteiger partial charge in [0.05, 0.1) is 10.5 Å². The number of carbonyl (C=O) groups excluding carboxylic acids is 2. The summed E-state index contributed by atoms with van der Waals surface area (Å²) in [6.45, 7) is 2.15. The summed E-state index contributed by atoms with van der Waals surface area (Å²) in [4.78, 5) is 36.3. The van der Waals surface area contributed by atoms with Gasteiger partial charge in [-0.2, -0.15) is 0 Å². The minimum atomic E-state index is -0.617. The average molecular weight is 387 g/mol. The van der Waals surface area contributed by atoms with E-state index in [1.807, 2.05) is 0 Å². The molecule has 2 aromatic rings. The van der Waals surface area contributed by atoms with Crippen molar-refractivity contribution in [2.24, 2.45) is 11.7 Å². The van der Waals surface area contributed by atoms with Crippen molar-refractivity contribution < 1.29 is 14.5 Å². The van der Waals surface area contributed by atoms with Crippen LogP contribution in [0.1, 0.15) is 57.3 Å². The summed E-state index contributed by atoms with van der Waals surface area (Å²) in [7, 11) is 0. The zero-order valence-electron chi connectivity index (χ0n) is 15.0. The lowest BCUT2D eigenvalue weighted by molar-refractivity contribution is -0.385. The number of nitro groups is 1. The molecular formula is C19H21N3O4S. The maximum absolute atomic E-state index is 12.6. The Kier molecular flexibility index (Phi) is 5.55. The maximum Gasteiger partial charge on any atom is 0.282 e. The molecule has 1 atom stereocenters. The monoisotopic (exact) mass is 387 g/mol. The second kappa shape index (κ2) is 7.87. The highest BCUT2D eigenvalue weighted by molar-refractivity contribution is 7.17. The lowest BCUT2D eigenvalue weighted by Gasteiger charge is -2.21. The molecule has 0 spiro atoms. The van der Waals surface area contributed by atoms with Crippen LogP contribution in [0.15, 0.2) is 24.3 Å². The van der Waals surface area contributed by atoms with Gasteiger partial charge in [0.15, 0.2) is 0 Å². The van der Waals surface area contributed by atoms with Crippen LogP contribution in [-0.2, 0) is 12.8 Å². The van der Waals surface area contributed by atoms with Gasteiger partial charge in [-0.1, -0.05) is 31.9 Å². The molecule has 0 fully saturated rings. The number of nitrogens with one attached hydrogen (secondary N) is 1. The van der Waals surface area contributed by atoms with Crippen LogP contribution in [0.5, 0.6) is 0 Å². The number of hydrogen-bond acceptors (Lipinski definition) is 5. The molecule has 1 aromatic heterocycles. The van der Waals surface area contributed by atoms with Crippen molar-refractivity contribution in [3.05, 3.63) is 55.9 Å². The van der Waals surface area contributed by atoms with Gasteiger partial charge in [0, 0.05) is 10.9 Å². The van der Waals surface area contributed by atoms with Crippen molar-refractivity contribution >= 4 is 33.8 Å². The van der Waals surface area contributed by atoms with E-state index in [9.17, 15) is 19.7 Å². The Morgan fingerprint density at radius 3 is 2.78 bits per heavy atom. The van der Waals surface area contributed by atoms with E-state index < -0.39 is 16.7 Å². The second-order valence-electron chi connectivity index (χ2n) is 6.70. The van der Waals surface area contributed by atoms with Gasteiger partial charge < -0.3 is 11.1 Å². The van der Waals surface area contributed by atoms with Crippen molar-refractivity contribution in [2.45, 2.75) is 39.0 Å². The van der Waals surface area contributed by atoms with Crippen molar-refractivity contribution in [3.63, 3.8) is 0 Å². The zero-order chi connectivity index (χ0) is 19.6. The number of thiophene rings is 1. The molecular weight excluding hydrogens is 366 g/mol. The van der Waals surface area contributed by atoms with Gasteiger partial charge in [0.2, 0.25) is 0 Å². The summed E-state index contributed by atoms with van der Waals surface area (Å²) >= 11 is 1.35. The van der Waals surface area contributed by atoms with Gasteiger partial charge in [-0.3, -0.25) is 19.7 Å². The molecule has 0 aliphatic heterocycles. The predicted octanol–water partition coefficient (Wildman–Crippen LogP) is 3.91. The van der Waals surface area contributed by atoms with E-state index in [4.69, 9.17) is 5.73 Å². The fourth-order valence-corrected chi connectivity index (χ4v) is 5.02. The third-order valence-corrected chi connectivity index (χ3v) is 6.05. The fraction of sp³-hybridized carbons (Fsp3) is 0.368. The summed E-state index contributed by atoms with van der Waals surface area (Å²) in [5.74, 6) is -0.631. The number of carbonyl (C=O) groups is 2. The normalized spacial score (nSPS) is 15.8. The van der Waals surface area contributed by atoms with Gasteiger partial charge in [0.1, 0.15) is 10.6 Å². The highest BCUT2D eigenvalue weighted by Crippen LogP contribution is 2.40. The Morgan fingerprint density at radius 2 is 2.11 bits per heavy atom. The number of benzene rings is 1. The van der Waals surface area contributed by atoms with Gasteiger partial charge in [-0.05, 0) is 36.8 Å². The summed E-state index contributed by atoms with van der Waals surface area (Å²) in [5.41, 5.74) is 6.51. The Hall–Kier alpha value is -2.74. The van der Waals surface area contributed by atoms with Crippen molar-refractivity contribution in [1.82, 2.24) is 0 Å². The first-order chi connectivity index (χ1) is 12.9. The van der Waals surface area contributed by atoms with E-state index in [0.717, 1.165) is 42.5 Å². The molecule has 2 amide bonds. The van der Waals surface area contributed by atoms with Crippen LogP contribution in [0.3, 0.4) is 0 Å². The number of nitrogens with two attached hydrogens (primary N) is 1. The van der Waals surface area contributed by atoms with Gasteiger partial charge >= 0.3 is 0 Å². The van der Waals surface area contributed by atoms with Crippen LogP contribution >= 0.6 is 11.3 Å². The minimum absolute atomic E-state index is 0.0480. The van der Waals surface area contributed by atoms with Crippen molar-refractivity contribution in [1.29, 1.82) is 0 Å². The van der Waals surface area contributed by atoms with E-state index in [1.54, 1.807) is 6.07 Å². The first-order valence-electron chi connectivity index (χ1n) is 8.91. The number of anilines is 1. The van der Waals surface area contributed by atoms with Gasteiger partial charge in [0.25, 0.3) is 17.5 Å². The molecule has 0 saturated heterocycles. The van der Waals surface area contributed by atoms with Crippen LogP contribution in [0.4, 0.5) is 10.7 Å². The minimum Gasteiger partial charge on any atom is -0.365 e. The number of hydrogen-bond donors (Lipinski definition) is 2. The van der Waals surface area contributed by atoms with Crippen molar-refractivity contribution in [3.8, 4) is 0 Å². The molecule has 1 aliphatic carbocycles. The van der Waals surface area contributed by atoms with E-state index in [1.165, 1.54) is 29.5 Å². The second-order valence-corrected chi connectivity index (χ2v) is 7.80. The van der Waals surface area contributed by atoms with Crippen molar-refractivity contribution in [2.75, 3.05) is 5.32 Å². The first kappa shape index (κ1) is 19.0. The zero-order valence-corrected chi connectivity index (χ0v) is 15.8. The van der Waals surface area contributed by atoms with E-state index in [2.05, 4.69) is 12.2 Å². The molecule has 1 aliphatic rings. The lowest BCUT2D eigenvalue weighted by Crippen LogP contribution is -2.20. The summed E-state index contributed by atoms with van der Waals surface area (Å²) in [6.07, 6.45) is 4.86. The summed E-state index contributed by atoms with van der Waals surface area (Å²) in [6, 6.07) is 5.73. The predicted molar refractivity (Wildman–Crippen MR) is 104 cm³/mol. The largest absolute Gasteiger partial charge is 0.365 e. The molecule has 0 bridgehead atoms. The van der Waals surface area contributed by atoms with E-state index in [-0.39, 0.29) is 11.3 Å². The Morgan fingerprint density at radius 1 is 1.37 bits per heavy atom. The van der Waals surface area contributed by atoms with Crippen LogP contribution in [0.2, 0.25) is 0 Å². The number of rotatable bonds is 6. The molecule has 3 rings (SSSR count). The number of amides is 2. The quantitative estimate of drug-likeness (QED) is 0.577. The smallest absolute Gasteiger partial charge is 0.282 e. The molecule has 0 radical (unpaired) electrons. The molecule has 1 heterocycles. The third-order valence-electron chi connectivity index (χ3n) is 4.88. The summed E-state index contributed by atoms with van der Waals surface area (Å²) < 4.78 is 0. The number of primary amides is 1. The van der Waals surface area contributed by atoms with Gasteiger partial charge in [-0.25, -0.2) is 0 Å². The van der Waals surface area contributed by atoms with Crippen LogP contribution in [0.25, 0.3) is 0 Å². The number of nitrogens with zero attached hydrogens (tertiary/aromatic N) is 1. The molecule has 142 valence electrons. The molecule has 7 nitrogen and oxygen atoms in total. The Balaban J connectivity index is 1.93. The molecule has 0 saturated carbocycles. The number of nitro benzene ring substituents is 1. The number of fused-ring (bicyclic) bond motifs is 1. The Bertz CT molecular complexity index is 906. The molecule has 8 heteroatoms. The fourth-order valence-electron chi connectivity index (χ4n) is 3.65. The number of para-hydroxylation sites is 1. The third kappa shape index (κ3) is 3.85. The standard InChI is InChI=1S/C19H21N3O4S/c1-2-5-11-8-9-13-15(10-11)27-19(16(13)17(20)23)21-18(24)12-6-3-4-7-14(12)22(25)26/h3-4,6-7,11H,2,5,8-10H2,1H3,(H2,20,23)(H,21,24)/t11-/m0/s1. The maximum atomic E-state index is 12.6. The molecule has 1 aromatic carbocycles. The van der Waals surface area contributed by atoms with Crippen LogP contribution in [-0.4, -0.2) is 16.7 Å². The average Bonchev–Trinajstić information content (AvgIpc) is 2.99. The molecule has 27 heavy (non-hydrogen) atoms. The summed E-state index contributed by atoms with van der Waals surface area (Å²) in [5, 5.41) is 14.2. The lowest BCUT2D eigenvalue weighted by atomic mass is 9.84. The van der Waals surface area contributed by atoms with E-state index >= 15 is 0 Å². The highest BCUT2D eigenvalue weighted by Gasteiger charge is 2.29.